The topological polar surface area (TPSA) is 112 Å². The zero-order valence-electron chi connectivity index (χ0n) is 17.3. The molecule has 0 bridgehead atoms. The molecule has 0 fully saturated rings. The smallest absolute Gasteiger partial charge is 0.394 e. The van der Waals surface area contributed by atoms with Gasteiger partial charge in [0.25, 0.3) is 0 Å². The fraction of sp³-hybridized carbons (Fsp3) is 0.286. The average Bonchev–Trinajstić information content (AvgIpc) is 3.21. The summed E-state index contributed by atoms with van der Waals surface area (Å²) in [6.45, 7) is 3.80. The Morgan fingerprint density at radius 3 is 2.78 bits per heavy atom. The zero-order chi connectivity index (χ0) is 23.3. The van der Waals surface area contributed by atoms with Gasteiger partial charge in [-0.1, -0.05) is 12.1 Å². The van der Waals surface area contributed by atoms with Gasteiger partial charge in [-0.25, -0.2) is 14.8 Å². The Morgan fingerprint density at radius 1 is 1.31 bits per heavy atom. The standard InChI is InChI=1S/C21H22F3N5O3/c1-3-25-19-27-9-12(2)18(29-19)14-8-17(26-10-14)32-20(31)28-16(11-30)13-5-4-6-15(7-13)21(22,23)24/h4-10,16,26,30H,3,11H2,1-2H3,(H,28,31)(H,25,27,29). The lowest BCUT2D eigenvalue weighted by molar-refractivity contribution is -0.137. The maximum Gasteiger partial charge on any atom is 0.416 e. The second kappa shape index (κ2) is 9.69. The summed E-state index contributed by atoms with van der Waals surface area (Å²) in [4.78, 5) is 23.7. The number of halogens is 3. The first kappa shape index (κ1) is 23.1. The fourth-order valence-corrected chi connectivity index (χ4v) is 2.98. The van der Waals surface area contributed by atoms with Crippen molar-refractivity contribution < 1.29 is 27.8 Å². The number of hydrogen-bond donors (Lipinski definition) is 4. The molecule has 11 heteroatoms. The number of aryl methyl sites for hydroxylation is 1. The lowest BCUT2D eigenvalue weighted by Crippen LogP contribution is -2.33. The number of benzene rings is 1. The van der Waals surface area contributed by atoms with Crippen molar-refractivity contribution in [2.24, 2.45) is 0 Å². The summed E-state index contributed by atoms with van der Waals surface area (Å²) in [6, 6.07) is 4.84. The number of aromatic amines is 1. The highest BCUT2D eigenvalue weighted by Crippen LogP contribution is 2.31. The number of aliphatic hydroxyl groups excluding tert-OH is 1. The number of aromatic nitrogens is 3. The van der Waals surface area contributed by atoms with Crippen molar-refractivity contribution in [2.45, 2.75) is 26.1 Å². The Bertz CT molecular complexity index is 1080. The molecule has 1 atom stereocenters. The van der Waals surface area contributed by atoms with E-state index in [1.807, 2.05) is 13.8 Å². The normalized spacial score (nSPS) is 12.3. The SMILES string of the molecule is CCNc1ncc(C)c(-c2c[nH]c(OC(=O)NC(CO)c3cccc(C(F)(F)F)c3)c2)n1. The number of H-pyrrole nitrogens is 1. The van der Waals surface area contributed by atoms with E-state index in [9.17, 15) is 23.1 Å². The van der Waals surface area contributed by atoms with Crippen LogP contribution in [0.3, 0.4) is 0 Å². The van der Waals surface area contributed by atoms with Crippen molar-refractivity contribution in [1.82, 2.24) is 20.3 Å². The van der Waals surface area contributed by atoms with Crippen LogP contribution in [0.1, 0.15) is 29.7 Å². The third-order valence-electron chi connectivity index (χ3n) is 4.53. The molecule has 0 aliphatic heterocycles. The summed E-state index contributed by atoms with van der Waals surface area (Å²) in [5.41, 5.74) is 1.32. The largest absolute Gasteiger partial charge is 0.416 e. The predicted octanol–water partition coefficient (Wildman–Crippen LogP) is 4.05. The molecule has 3 rings (SSSR count). The molecule has 2 aromatic heterocycles. The zero-order valence-corrected chi connectivity index (χ0v) is 17.3. The molecule has 1 unspecified atom stereocenters. The molecule has 0 saturated carbocycles. The van der Waals surface area contributed by atoms with Crippen LogP contribution in [0.2, 0.25) is 0 Å². The van der Waals surface area contributed by atoms with Gasteiger partial charge in [0.1, 0.15) is 0 Å². The van der Waals surface area contributed by atoms with E-state index >= 15 is 0 Å². The van der Waals surface area contributed by atoms with Crippen LogP contribution >= 0.6 is 0 Å². The number of amides is 1. The average molecular weight is 449 g/mol. The molecule has 3 aromatic rings. The lowest BCUT2D eigenvalue weighted by atomic mass is 10.0. The molecule has 1 amide bonds. The molecule has 0 aliphatic carbocycles. The van der Waals surface area contributed by atoms with Crippen molar-refractivity contribution in [3.05, 3.63) is 59.4 Å². The monoisotopic (exact) mass is 449 g/mol. The second-order valence-electron chi connectivity index (χ2n) is 6.90. The van der Waals surface area contributed by atoms with Gasteiger partial charge in [-0.3, -0.25) is 0 Å². The molecule has 170 valence electrons. The molecule has 0 radical (unpaired) electrons. The predicted molar refractivity (Wildman–Crippen MR) is 111 cm³/mol. The third kappa shape index (κ3) is 5.55. The summed E-state index contributed by atoms with van der Waals surface area (Å²) in [5, 5.41) is 14.9. The highest BCUT2D eigenvalue weighted by molar-refractivity contribution is 5.72. The van der Waals surface area contributed by atoms with E-state index in [1.165, 1.54) is 12.1 Å². The number of ether oxygens (including phenoxy) is 1. The maximum atomic E-state index is 12.9. The van der Waals surface area contributed by atoms with Crippen molar-refractivity contribution in [3.8, 4) is 17.1 Å². The van der Waals surface area contributed by atoms with E-state index in [0.29, 0.717) is 23.8 Å². The van der Waals surface area contributed by atoms with Crippen LogP contribution in [0.25, 0.3) is 11.3 Å². The number of nitrogens with zero attached hydrogens (tertiary/aromatic N) is 2. The number of carbonyl (C=O) groups excluding carboxylic acids is 1. The minimum Gasteiger partial charge on any atom is -0.394 e. The first-order valence-electron chi connectivity index (χ1n) is 9.74. The maximum absolute atomic E-state index is 12.9. The van der Waals surface area contributed by atoms with Crippen LogP contribution < -0.4 is 15.4 Å². The molecular weight excluding hydrogens is 427 g/mol. The molecule has 1 aromatic carbocycles. The van der Waals surface area contributed by atoms with Gasteiger partial charge < -0.3 is 25.5 Å². The number of anilines is 1. The van der Waals surface area contributed by atoms with Crippen molar-refractivity contribution in [2.75, 3.05) is 18.5 Å². The summed E-state index contributed by atoms with van der Waals surface area (Å²) in [7, 11) is 0. The van der Waals surface area contributed by atoms with E-state index < -0.39 is 30.5 Å². The molecule has 4 N–H and O–H groups in total. The number of aliphatic hydroxyl groups is 1. The Labute approximate surface area is 181 Å². The van der Waals surface area contributed by atoms with E-state index in [4.69, 9.17) is 4.74 Å². The van der Waals surface area contributed by atoms with Crippen molar-refractivity contribution in [3.63, 3.8) is 0 Å². The summed E-state index contributed by atoms with van der Waals surface area (Å²) >= 11 is 0. The Morgan fingerprint density at radius 2 is 2.09 bits per heavy atom. The quantitative estimate of drug-likeness (QED) is 0.433. The first-order valence-corrected chi connectivity index (χ1v) is 9.74. The third-order valence-corrected chi connectivity index (χ3v) is 4.53. The van der Waals surface area contributed by atoms with Crippen LogP contribution in [-0.2, 0) is 6.18 Å². The summed E-state index contributed by atoms with van der Waals surface area (Å²) < 4.78 is 44.0. The van der Waals surface area contributed by atoms with E-state index in [2.05, 4.69) is 25.6 Å². The minimum absolute atomic E-state index is 0.0963. The molecule has 0 spiro atoms. The highest BCUT2D eigenvalue weighted by Gasteiger charge is 2.31. The minimum atomic E-state index is -4.54. The van der Waals surface area contributed by atoms with Gasteiger partial charge in [0.05, 0.1) is 23.9 Å². The van der Waals surface area contributed by atoms with Gasteiger partial charge in [0.15, 0.2) is 0 Å². The Kier molecular flexibility index (Phi) is 6.98. The van der Waals surface area contributed by atoms with Crippen LogP contribution in [0, 0.1) is 6.92 Å². The fourth-order valence-electron chi connectivity index (χ4n) is 2.98. The van der Waals surface area contributed by atoms with E-state index in [-0.39, 0.29) is 11.4 Å². The Balaban J connectivity index is 1.71. The lowest BCUT2D eigenvalue weighted by Gasteiger charge is -2.17. The van der Waals surface area contributed by atoms with Crippen LogP contribution in [0.15, 0.2) is 42.7 Å². The van der Waals surface area contributed by atoms with E-state index in [1.54, 1.807) is 18.5 Å². The van der Waals surface area contributed by atoms with Crippen molar-refractivity contribution >= 4 is 12.0 Å². The molecule has 2 heterocycles. The van der Waals surface area contributed by atoms with Gasteiger partial charge in [-0.2, -0.15) is 13.2 Å². The summed E-state index contributed by atoms with van der Waals surface area (Å²) in [5.74, 6) is 0.558. The van der Waals surface area contributed by atoms with Crippen molar-refractivity contribution in [1.29, 1.82) is 0 Å². The highest BCUT2D eigenvalue weighted by atomic mass is 19.4. The van der Waals surface area contributed by atoms with Crippen LogP contribution in [0.5, 0.6) is 5.88 Å². The van der Waals surface area contributed by atoms with Crippen LogP contribution in [-0.4, -0.2) is 39.3 Å². The van der Waals surface area contributed by atoms with Crippen LogP contribution in [0.4, 0.5) is 23.9 Å². The van der Waals surface area contributed by atoms with Gasteiger partial charge >= 0.3 is 12.3 Å². The number of hydrogen-bond acceptors (Lipinski definition) is 6. The summed E-state index contributed by atoms with van der Waals surface area (Å²) in [6.07, 6.45) is -2.21. The second-order valence-corrected chi connectivity index (χ2v) is 6.90. The number of rotatable bonds is 7. The van der Waals surface area contributed by atoms with Gasteiger partial charge in [0, 0.05) is 30.6 Å². The first-order chi connectivity index (χ1) is 15.2. The number of alkyl halides is 3. The van der Waals surface area contributed by atoms with Gasteiger partial charge in [0.2, 0.25) is 11.8 Å². The Hall–Kier alpha value is -3.60. The number of carbonyl (C=O) groups is 1. The molecule has 32 heavy (non-hydrogen) atoms. The molecule has 8 nitrogen and oxygen atoms in total. The van der Waals surface area contributed by atoms with E-state index in [0.717, 1.165) is 17.7 Å². The van der Waals surface area contributed by atoms with Gasteiger partial charge in [-0.15, -0.1) is 0 Å². The number of nitrogens with one attached hydrogen (secondary N) is 3. The van der Waals surface area contributed by atoms with Gasteiger partial charge in [-0.05, 0) is 37.1 Å². The molecular formula is C21H22F3N5O3. The molecule has 0 saturated heterocycles. The molecule has 0 aliphatic rings.